The van der Waals surface area contributed by atoms with E-state index < -0.39 is 5.76 Å². The maximum absolute atomic E-state index is 12.5. The van der Waals surface area contributed by atoms with Crippen LogP contribution in [-0.4, -0.2) is 42.4 Å². The summed E-state index contributed by atoms with van der Waals surface area (Å²) >= 11 is 2.16. The van der Waals surface area contributed by atoms with Crippen molar-refractivity contribution in [1.29, 1.82) is 0 Å². The highest BCUT2D eigenvalue weighted by molar-refractivity contribution is 7.99. The summed E-state index contributed by atoms with van der Waals surface area (Å²) in [6.07, 6.45) is 2.25. The van der Waals surface area contributed by atoms with Gasteiger partial charge >= 0.3 is 0 Å². The Bertz CT molecular complexity index is 705. The topological polar surface area (TPSA) is 41.6 Å². The van der Waals surface area contributed by atoms with Crippen LogP contribution < -0.4 is 5.32 Å². The molecular weight excluding hydrogens is 390 g/mol. The van der Waals surface area contributed by atoms with Gasteiger partial charge in [-0.3, -0.25) is 9.69 Å². The Balaban J connectivity index is 1.55. The second kappa shape index (κ2) is 10.2. The van der Waals surface area contributed by atoms with E-state index in [0.29, 0.717) is 28.9 Å². The molecule has 1 atom stereocenters. The lowest BCUT2D eigenvalue weighted by Gasteiger charge is -2.24. The molecule has 1 amide bonds. The molecule has 1 aliphatic rings. The number of nitrogens with zero attached hydrogens (tertiary/aromatic N) is 1. The molecule has 4 nitrogen and oxygen atoms in total. The number of ether oxygens (including phenoxy) is 1. The summed E-state index contributed by atoms with van der Waals surface area (Å²) in [7, 11) is 0. The first-order valence-corrected chi connectivity index (χ1v) is 10.6. The van der Waals surface area contributed by atoms with E-state index in [9.17, 15) is 13.6 Å². The summed E-state index contributed by atoms with van der Waals surface area (Å²) in [6.45, 7) is 2.46. The summed E-state index contributed by atoms with van der Waals surface area (Å²) in [6, 6.07) is 10.5. The molecule has 1 aromatic heterocycles. The molecule has 0 saturated carbocycles. The Hall–Kier alpha value is -1.48. The molecule has 1 aliphatic heterocycles. The molecule has 0 spiro atoms. The zero-order chi connectivity index (χ0) is 19.1. The molecule has 8 heteroatoms. The van der Waals surface area contributed by atoms with Crippen molar-refractivity contribution in [2.75, 3.05) is 25.0 Å². The number of nitrogens with one attached hydrogen (secondary N) is 1. The number of thioether (sulfide) groups is 1. The summed E-state index contributed by atoms with van der Waals surface area (Å²) in [5, 5.41) is 4.87. The van der Waals surface area contributed by atoms with Crippen molar-refractivity contribution in [3.05, 3.63) is 46.7 Å². The highest BCUT2D eigenvalue weighted by atomic mass is 32.2. The van der Waals surface area contributed by atoms with Crippen molar-refractivity contribution in [3.8, 4) is 0 Å². The zero-order valence-corrected chi connectivity index (χ0v) is 16.4. The Kier molecular flexibility index (Phi) is 7.63. The van der Waals surface area contributed by atoms with E-state index in [1.165, 1.54) is 4.88 Å². The molecule has 0 unspecified atom stereocenters. The van der Waals surface area contributed by atoms with Gasteiger partial charge in [-0.1, -0.05) is 17.8 Å². The van der Waals surface area contributed by atoms with Gasteiger partial charge in [0.1, 0.15) is 0 Å². The minimum absolute atomic E-state index is 0.126. The first-order chi connectivity index (χ1) is 13.1. The summed E-state index contributed by atoms with van der Waals surface area (Å²) < 4.78 is 30.5. The van der Waals surface area contributed by atoms with E-state index in [-0.39, 0.29) is 18.6 Å². The zero-order valence-electron chi connectivity index (χ0n) is 14.8. The molecule has 1 fully saturated rings. The first-order valence-electron chi connectivity index (χ1n) is 8.79. The first kappa shape index (κ1) is 20.3. The van der Waals surface area contributed by atoms with Crippen LogP contribution in [0.3, 0.4) is 0 Å². The van der Waals surface area contributed by atoms with Gasteiger partial charge in [-0.05, 0) is 48.6 Å². The van der Waals surface area contributed by atoms with Gasteiger partial charge in [-0.15, -0.1) is 11.3 Å². The Morgan fingerprint density at radius 3 is 2.78 bits per heavy atom. The molecular formula is C19H22F2N2O2S2. The van der Waals surface area contributed by atoms with E-state index in [1.54, 1.807) is 35.6 Å². The van der Waals surface area contributed by atoms with Crippen molar-refractivity contribution in [2.24, 2.45) is 0 Å². The molecule has 1 saturated heterocycles. The highest BCUT2D eigenvalue weighted by Gasteiger charge is 2.21. The number of rotatable bonds is 9. The number of anilines is 1. The predicted molar refractivity (Wildman–Crippen MR) is 106 cm³/mol. The third-order valence-corrected chi connectivity index (χ3v) is 5.76. The van der Waals surface area contributed by atoms with Gasteiger partial charge in [0, 0.05) is 35.2 Å². The Morgan fingerprint density at radius 1 is 1.33 bits per heavy atom. The SMILES string of the molecule is O=C(CN(Cc1cccs1)C[C@H]1CCCO1)Nc1ccc(SC(F)F)cc1. The largest absolute Gasteiger partial charge is 0.377 e. The fourth-order valence-electron chi connectivity index (χ4n) is 3.01. The third kappa shape index (κ3) is 6.88. The van der Waals surface area contributed by atoms with Crippen LogP contribution in [0.15, 0.2) is 46.7 Å². The van der Waals surface area contributed by atoms with Gasteiger partial charge in [0.05, 0.1) is 12.6 Å². The number of alkyl halides is 2. The molecule has 2 heterocycles. The average molecular weight is 413 g/mol. The second-order valence-corrected chi connectivity index (χ2v) is 8.43. The lowest BCUT2D eigenvalue weighted by Crippen LogP contribution is -2.37. The molecule has 27 heavy (non-hydrogen) atoms. The fraction of sp³-hybridized carbons (Fsp3) is 0.421. The molecule has 1 N–H and O–H groups in total. The van der Waals surface area contributed by atoms with Crippen molar-refractivity contribution < 1.29 is 18.3 Å². The summed E-state index contributed by atoms with van der Waals surface area (Å²) in [5.74, 6) is -2.58. The van der Waals surface area contributed by atoms with Gasteiger partial charge in [0.2, 0.25) is 5.91 Å². The fourth-order valence-corrected chi connectivity index (χ4v) is 4.25. The predicted octanol–water partition coefficient (Wildman–Crippen LogP) is 4.68. The van der Waals surface area contributed by atoms with E-state index in [4.69, 9.17) is 4.74 Å². The number of hydrogen-bond acceptors (Lipinski definition) is 5. The highest BCUT2D eigenvalue weighted by Crippen LogP contribution is 2.26. The maximum Gasteiger partial charge on any atom is 0.288 e. The quantitative estimate of drug-likeness (QED) is 0.607. The van der Waals surface area contributed by atoms with E-state index in [0.717, 1.165) is 26.0 Å². The van der Waals surface area contributed by atoms with Crippen LogP contribution >= 0.6 is 23.1 Å². The second-order valence-electron chi connectivity index (χ2n) is 6.34. The van der Waals surface area contributed by atoms with Crippen LogP contribution in [0.25, 0.3) is 0 Å². The average Bonchev–Trinajstić information content (AvgIpc) is 3.30. The molecule has 0 aliphatic carbocycles. The number of hydrogen-bond donors (Lipinski definition) is 1. The summed E-state index contributed by atoms with van der Waals surface area (Å²) in [5.41, 5.74) is 0.604. The molecule has 0 radical (unpaired) electrons. The van der Waals surface area contributed by atoms with E-state index in [1.807, 2.05) is 11.4 Å². The number of halogens is 2. The van der Waals surface area contributed by atoms with Gasteiger partial charge in [-0.2, -0.15) is 8.78 Å². The molecule has 0 bridgehead atoms. The van der Waals surface area contributed by atoms with Crippen molar-refractivity contribution >= 4 is 34.7 Å². The van der Waals surface area contributed by atoms with Crippen LogP contribution in [0, 0.1) is 0 Å². The van der Waals surface area contributed by atoms with Crippen LogP contribution in [0.5, 0.6) is 0 Å². The maximum atomic E-state index is 12.5. The van der Waals surface area contributed by atoms with E-state index in [2.05, 4.69) is 16.3 Å². The van der Waals surface area contributed by atoms with Crippen molar-refractivity contribution in [3.63, 3.8) is 0 Å². The Morgan fingerprint density at radius 2 is 2.15 bits per heavy atom. The lowest BCUT2D eigenvalue weighted by atomic mass is 10.2. The van der Waals surface area contributed by atoms with Gasteiger partial charge in [-0.25, -0.2) is 0 Å². The summed E-state index contributed by atoms with van der Waals surface area (Å²) in [4.78, 5) is 16.2. The van der Waals surface area contributed by atoms with Gasteiger partial charge in [0.15, 0.2) is 0 Å². The Labute approximate surface area is 165 Å². The van der Waals surface area contributed by atoms with Gasteiger partial charge in [0.25, 0.3) is 5.76 Å². The monoisotopic (exact) mass is 412 g/mol. The minimum Gasteiger partial charge on any atom is -0.377 e. The third-order valence-electron chi connectivity index (χ3n) is 4.18. The lowest BCUT2D eigenvalue weighted by molar-refractivity contribution is -0.117. The van der Waals surface area contributed by atoms with E-state index >= 15 is 0 Å². The molecule has 2 aromatic rings. The van der Waals surface area contributed by atoms with Crippen molar-refractivity contribution in [1.82, 2.24) is 4.90 Å². The van der Waals surface area contributed by atoms with Crippen LogP contribution in [0.2, 0.25) is 0 Å². The number of carbonyl (C=O) groups excluding carboxylic acids is 1. The van der Waals surface area contributed by atoms with Gasteiger partial charge < -0.3 is 10.1 Å². The number of carbonyl (C=O) groups is 1. The smallest absolute Gasteiger partial charge is 0.288 e. The van der Waals surface area contributed by atoms with Crippen LogP contribution in [0.1, 0.15) is 17.7 Å². The number of thiophene rings is 1. The standard InChI is InChI=1S/C19H22F2N2O2S2/c20-19(21)27-16-7-5-14(6-8-16)22-18(24)13-23(11-15-3-1-9-25-15)12-17-4-2-10-26-17/h2,4-8,10,15,19H,1,3,9,11-13H2,(H,22,24)/t15-/m1/s1. The van der Waals surface area contributed by atoms with Crippen LogP contribution in [0.4, 0.5) is 14.5 Å². The molecule has 146 valence electrons. The number of benzene rings is 1. The van der Waals surface area contributed by atoms with Crippen molar-refractivity contribution in [2.45, 2.75) is 36.1 Å². The molecule has 1 aromatic carbocycles. The number of amides is 1. The molecule has 3 rings (SSSR count). The normalized spacial score (nSPS) is 17.0. The van der Waals surface area contributed by atoms with Crippen LogP contribution in [-0.2, 0) is 16.1 Å². The minimum atomic E-state index is -2.45.